The smallest absolute Gasteiger partial charge is 0.262 e. The second-order valence-corrected chi connectivity index (χ2v) is 9.04. The Labute approximate surface area is 183 Å². The first-order valence-corrected chi connectivity index (χ1v) is 11.4. The average molecular weight is 439 g/mol. The molecule has 162 valence electrons. The highest BCUT2D eigenvalue weighted by Crippen LogP contribution is 2.21. The van der Waals surface area contributed by atoms with E-state index in [1.54, 1.807) is 6.92 Å². The van der Waals surface area contributed by atoms with Gasteiger partial charge in [-0.05, 0) is 61.7 Å². The Balaban J connectivity index is 1.59. The van der Waals surface area contributed by atoms with Crippen LogP contribution in [0.5, 0.6) is 5.75 Å². The maximum absolute atomic E-state index is 12.6. The quantitative estimate of drug-likeness (QED) is 0.547. The van der Waals surface area contributed by atoms with E-state index in [1.165, 1.54) is 24.3 Å². The Bertz CT molecular complexity index is 1120. The van der Waals surface area contributed by atoms with Crippen LogP contribution in [0.25, 0.3) is 0 Å². The molecule has 0 aliphatic carbocycles. The minimum atomic E-state index is -3.69. The number of ether oxygens (including phenoxy) is 1. The number of anilines is 1. The number of rotatable bonds is 8. The number of carbonyl (C=O) groups excluding carboxylic acids is 1. The summed E-state index contributed by atoms with van der Waals surface area (Å²) in [5.74, 6) is 0.124. The molecule has 6 nitrogen and oxygen atoms in total. The van der Waals surface area contributed by atoms with Crippen LogP contribution in [-0.2, 0) is 14.8 Å². The van der Waals surface area contributed by atoms with Gasteiger partial charge in [-0.1, -0.05) is 48.5 Å². The first-order valence-electron chi connectivity index (χ1n) is 9.92. The van der Waals surface area contributed by atoms with E-state index >= 15 is 0 Å². The fourth-order valence-electron chi connectivity index (χ4n) is 3.16. The van der Waals surface area contributed by atoms with Crippen molar-refractivity contribution in [1.29, 1.82) is 0 Å². The lowest BCUT2D eigenvalue weighted by Gasteiger charge is -2.15. The van der Waals surface area contributed by atoms with Gasteiger partial charge >= 0.3 is 0 Å². The highest BCUT2D eigenvalue weighted by atomic mass is 32.2. The zero-order valence-corrected chi connectivity index (χ0v) is 18.6. The number of amides is 1. The molecule has 0 heterocycles. The number of carbonyl (C=O) groups is 1. The van der Waals surface area contributed by atoms with Gasteiger partial charge in [0.1, 0.15) is 5.75 Å². The van der Waals surface area contributed by atoms with Crippen LogP contribution >= 0.6 is 0 Å². The number of hydrogen-bond donors (Lipinski definition) is 2. The minimum absolute atomic E-state index is 0.127. The first kappa shape index (κ1) is 22.5. The van der Waals surface area contributed by atoms with Crippen LogP contribution in [0.3, 0.4) is 0 Å². The zero-order valence-electron chi connectivity index (χ0n) is 17.8. The number of para-hydroxylation sites is 1. The SMILES string of the molecule is Cc1cccc(C)c1NC(=O)COc1ccc(S(=O)(=O)N[C@@H](C)c2ccccc2)cc1. The summed E-state index contributed by atoms with van der Waals surface area (Å²) in [5.41, 5.74) is 3.59. The zero-order chi connectivity index (χ0) is 22.4. The molecule has 0 saturated heterocycles. The van der Waals surface area contributed by atoms with Crippen molar-refractivity contribution in [3.8, 4) is 5.75 Å². The molecule has 0 spiro atoms. The predicted octanol–water partition coefficient (Wildman–Crippen LogP) is 4.36. The molecule has 7 heteroatoms. The molecule has 2 N–H and O–H groups in total. The van der Waals surface area contributed by atoms with Gasteiger partial charge in [-0.3, -0.25) is 4.79 Å². The van der Waals surface area contributed by atoms with Crippen molar-refractivity contribution in [3.63, 3.8) is 0 Å². The van der Waals surface area contributed by atoms with Crippen molar-refractivity contribution in [3.05, 3.63) is 89.5 Å². The third kappa shape index (κ3) is 5.93. The van der Waals surface area contributed by atoms with Crippen molar-refractivity contribution >= 4 is 21.6 Å². The van der Waals surface area contributed by atoms with Crippen LogP contribution in [0, 0.1) is 13.8 Å². The normalized spacial score (nSPS) is 12.2. The fourth-order valence-corrected chi connectivity index (χ4v) is 4.39. The van der Waals surface area contributed by atoms with E-state index in [0.29, 0.717) is 5.75 Å². The highest BCUT2D eigenvalue weighted by Gasteiger charge is 2.18. The van der Waals surface area contributed by atoms with Gasteiger partial charge in [0.25, 0.3) is 5.91 Å². The summed E-state index contributed by atoms with van der Waals surface area (Å²) in [6.07, 6.45) is 0. The molecule has 1 atom stereocenters. The van der Waals surface area contributed by atoms with Crippen LogP contribution in [0.1, 0.15) is 29.7 Å². The summed E-state index contributed by atoms with van der Waals surface area (Å²) < 4.78 is 33.5. The Morgan fingerprint density at radius 2 is 1.52 bits per heavy atom. The van der Waals surface area contributed by atoms with Crippen molar-refractivity contribution in [1.82, 2.24) is 4.72 Å². The number of aryl methyl sites for hydroxylation is 2. The molecule has 0 radical (unpaired) electrons. The lowest BCUT2D eigenvalue weighted by atomic mass is 10.1. The maximum Gasteiger partial charge on any atom is 0.262 e. The Hall–Kier alpha value is -3.16. The fraction of sp³-hybridized carbons (Fsp3) is 0.208. The highest BCUT2D eigenvalue weighted by molar-refractivity contribution is 7.89. The van der Waals surface area contributed by atoms with E-state index in [1.807, 2.05) is 62.4 Å². The second kappa shape index (κ2) is 9.76. The standard InChI is InChI=1S/C24H26N2O4S/c1-17-8-7-9-18(2)24(17)25-23(27)16-30-21-12-14-22(15-13-21)31(28,29)26-19(3)20-10-5-4-6-11-20/h4-15,19,26H,16H2,1-3H3,(H,25,27)/t19-/m0/s1. The van der Waals surface area contributed by atoms with E-state index < -0.39 is 10.0 Å². The van der Waals surface area contributed by atoms with Crippen molar-refractivity contribution in [2.24, 2.45) is 0 Å². The topological polar surface area (TPSA) is 84.5 Å². The minimum Gasteiger partial charge on any atom is -0.484 e. The average Bonchev–Trinajstić information content (AvgIpc) is 2.75. The number of sulfonamides is 1. The third-order valence-corrected chi connectivity index (χ3v) is 6.44. The predicted molar refractivity (Wildman–Crippen MR) is 122 cm³/mol. The van der Waals surface area contributed by atoms with Gasteiger partial charge in [0.05, 0.1) is 4.90 Å². The van der Waals surface area contributed by atoms with Crippen LogP contribution in [0.4, 0.5) is 5.69 Å². The molecule has 31 heavy (non-hydrogen) atoms. The van der Waals surface area contributed by atoms with Gasteiger partial charge in [0.15, 0.2) is 6.61 Å². The molecule has 3 aromatic carbocycles. The lowest BCUT2D eigenvalue weighted by Crippen LogP contribution is -2.26. The molecule has 3 aromatic rings. The van der Waals surface area contributed by atoms with Crippen LogP contribution in [0.2, 0.25) is 0 Å². The van der Waals surface area contributed by atoms with Crippen molar-refractivity contribution in [2.75, 3.05) is 11.9 Å². The summed E-state index contributed by atoms with van der Waals surface area (Å²) in [4.78, 5) is 12.4. The van der Waals surface area contributed by atoms with Gasteiger partial charge in [-0.25, -0.2) is 13.1 Å². The maximum atomic E-state index is 12.6. The van der Waals surface area contributed by atoms with E-state index in [2.05, 4.69) is 10.0 Å². The van der Waals surface area contributed by atoms with Gasteiger partial charge < -0.3 is 10.1 Å². The molecular weight excluding hydrogens is 412 g/mol. The summed E-state index contributed by atoms with van der Waals surface area (Å²) in [6, 6.07) is 20.8. The second-order valence-electron chi connectivity index (χ2n) is 7.33. The molecule has 0 aromatic heterocycles. The summed E-state index contributed by atoms with van der Waals surface area (Å²) >= 11 is 0. The van der Waals surface area contributed by atoms with Gasteiger partial charge in [0, 0.05) is 11.7 Å². The van der Waals surface area contributed by atoms with Gasteiger partial charge in [-0.2, -0.15) is 0 Å². The largest absolute Gasteiger partial charge is 0.484 e. The Kier molecular flexibility index (Phi) is 7.09. The lowest BCUT2D eigenvalue weighted by molar-refractivity contribution is -0.118. The molecular formula is C24H26N2O4S. The summed E-state index contributed by atoms with van der Waals surface area (Å²) in [5, 5.41) is 2.85. The van der Waals surface area contributed by atoms with Crippen LogP contribution in [-0.4, -0.2) is 20.9 Å². The number of nitrogens with one attached hydrogen (secondary N) is 2. The van der Waals surface area contributed by atoms with E-state index in [-0.39, 0.29) is 23.5 Å². The molecule has 0 bridgehead atoms. The van der Waals surface area contributed by atoms with Gasteiger partial charge in [-0.15, -0.1) is 0 Å². The third-order valence-electron chi connectivity index (χ3n) is 4.88. The first-order chi connectivity index (χ1) is 14.8. The molecule has 3 rings (SSSR count). The molecule has 1 amide bonds. The molecule has 0 aliphatic rings. The summed E-state index contributed by atoms with van der Waals surface area (Å²) in [7, 11) is -3.69. The molecule has 0 saturated carbocycles. The Morgan fingerprint density at radius 3 is 2.13 bits per heavy atom. The molecule has 0 unspecified atom stereocenters. The molecule has 0 aliphatic heterocycles. The van der Waals surface area contributed by atoms with E-state index in [4.69, 9.17) is 4.74 Å². The number of benzene rings is 3. The van der Waals surface area contributed by atoms with Crippen LogP contribution in [0.15, 0.2) is 77.7 Å². The Morgan fingerprint density at radius 1 is 0.903 bits per heavy atom. The van der Waals surface area contributed by atoms with E-state index in [0.717, 1.165) is 22.4 Å². The monoisotopic (exact) mass is 438 g/mol. The summed E-state index contributed by atoms with van der Waals surface area (Å²) in [6.45, 7) is 5.47. The van der Waals surface area contributed by atoms with Gasteiger partial charge in [0.2, 0.25) is 10.0 Å². The van der Waals surface area contributed by atoms with Crippen LogP contribution < -0.4 is 14.8 Å². The van der Waals surface area contributed by atoms with Crippen molar-refractivity contribution in [2.45, 2.75) is 31.7 Å². The van der Waals surface area contributed by atoms with E-state index in [9.17, 15) is 13.2 Å². The molecule has 0 fully saturated rings. The van der Waals surface area contributed by atoms with Crippen molar-refractivity contribution < 1.29 is 17.9 Å². The number of hydrogen-bond acceptors (Lipinski definition) is 4.